The third-order valence-electron chi connectivity index (χ3n) is 3.89. The van der Waals surface area contributed by atoms with Gasteiger partial charge in [0.1, 0.15) is 12.7 Å². The summed E-state index contributed by atoms with van der Waals surface area (Å²) in [4.78, 5) is 27.8. The van der Waals surface area contributed by atoms with Crippen LogP contribution in [0.2, 0.25) is 0 Å². The Kier molecular flexibility index (Phi) is 6.20. The van der Waals surface area contributed by atoms with Gasteiger partial charge in [-0.15, -0.1) is 0 Å². The second-order valence-electron chi connectivity index (χ2n) is 5.65. The number of aliphatic hydroxyl groups is 2. The normalized spacial score (nSPS) is 11.2. The minimum atomic E-state index is -1.21. The summed E-state index contributed by atoms with van der Waals surface area (Å²) in [5, 5.41) is 27.5. The molecule has 0 bridgehead atoms. The van der Waals surface area contributed by atoms with Gasteiger partial charge in [0.05, 0.1) is 25.3 Å². The Hall–Kier alpha value is -2.78. The first-order valence-corrected chi connectivity index (χ1v) is 7.78. The first kappa shape index (κ1) is 18.6. The first-order valence-electron chi connectivity index (χ1n) is 7.78. The molecule has 0 aliphatic carbocycles. The molecule has 0 aliphatic rings. The first-order chi connectivity index (χ1) is 12.0. The van der Waals surface area contributed by atoms with Crippen LogP contribution in [0.25, 0.3) is 0 Å². The van der Waals surface area contributed by atoms with Crippen molar-refractivity contribution in [2.75, 3.05) is 18.5 Å². The average Bonchev–Trinajstić information content (AvgIpc) is 3.14. The maximum absolute atomic E-state index is 12.0. The fourth-order valence-corrected chi connectivity index (χ4v) is 2.12. The van der Waals surface area contributed by atoms with E-state index in [0.29, 0.717) is 12.2 Å². The van der Waals surface area contributed by atoms with E-state index in [2.05, 4.69) is 20.7 Å². The van der Waals surface area contributed by atoms with Crippen molar-refractivity contribution in [2.24, 2.45) is 0 Å². The highest BCUT2D eigenvalue weighted by atomic mass is 16.3. The predicted molar refractivity (Wildman–Crippen MR) is 89.5 cm³/mol. The minimum absolute atomic E-state index is 0.288. The molecular formula is C16H21N5O4. The topological polar surface area (TPSA) is 129 Å². The lowest BCUT2D eigenvalue weighted by atomic mass is 9.98. The van der Waals surface area contributed by atoms with Crippen LogP contribution >= 0.6 is 0 Å². The van der Waals surface area contributed by atoms with E-state index in [1.165, 1.54) is 6.33 Å². The smallest absolute Gasteiger partial charge is 0.313 e. The number of nitrogens with zero attached hydrogens (tertiary/aromatic N) is 3. The third kappa shape index (κ3) is 4.85. The molecule has 0 radical (unpaired) electrons. The van der Waals surface area contributed by atoms with Crippen molar-refractivity contribution >= 4 is 17.5 Å². The molecule has 25 heavy (non-hydrogen) atoms. The standard InChI is InChI=1S/C16H21N5O4/c1-2-16(8-22,9-23)20-15(25)14(24)19-13-5-3-12(4-6-13)7-21-11-17-10-18-21/h3-6,10-11,22-23H,2,7-9H2,1H3,(H,19,24)(H,20,25). The lowest BCUT2D eigenvalue weighted by Gasteiger charge is -2.29. The van der Waals surface area contributed by atoms with Crippen LogP contribution in [0.1, 0.15) is 18.9 Å². The van der Waals surface area contributed by atoms with Crippen LogP contribution in [0.15, 0.2) is 36.9 Å². The van der Waals surface area contributed by atoms with Gasteiger partial charge in [-0.2, -0.15) is 5.10 Å². The van der Waals surface area contributed by atoms with Crippen molar-refractivity contribution in [3.63, 3.8) is 0 Å². The molecule has 0 atom stereocenters. The van der Waals surface area contributed by atoms with Crippen molar-refractivity contribution in [3.8, 4) is 0 Å². The maximum Gasteiger partial charge on any atom is 0.313 e. The van der Waals surface area contributed by atoms with Crippen molar-refractivity contribution in [1.29, 1.82) is 0 Å². The summed E-state index contributed by atoms with van der Waals surface area (Å²) in [6.45, 7) is 1.31. The summed E-state index contributed by atoms with van der Waals surface area (Å²) in [5.74, 6) is -1.79. The Bertz CT molecular complexity index is 688. The van der Waals surface area contributed by atoms with E-state index in [-0.39, 0.29) is 6.42 Å². The third-order valence-corrected chi connectivity index (χ3v) is 3.89. The molecule has 0 saturated carbocycles. The minimum Gasteiger partial charge on any atom is -0.394 e. The van der Waals surface area contributed by atoms with E-state index in [1.807, 2.05) is 0 Å². The number of hydrogen-bond donors (Lipinski definition) is 4. The summed E-state index contributed by atoms with van der Waals surface area (Å²) < 4.78 is 1.66. The second-order valence-corrected chi connectivity index (χ2v) is 5.65. The molecule has 2 amide bonds. The zero-order valence-electron chi connectivity index (χ0n) is 13.8. The quantitative estimate of drug-likeness (QED) is 0.500. The Labute approximate surface area is 144 Å². The van der Waals surface area contributed by atoms with Gasteiger partial charge in [0, 0.05) is 5.69 Å². The van der Waals surface area contributed by atoms with Crippen molar-refractivity contribution < 1.29 is 19.8 Å². The predicted octanol–water partition coefficient (Wildman–Crippen LogP) is -0.485. The van der Waals surface area contributed by atoms with Gasteiger partial charge < -0.3 is 20.8 Å². The number of aliphatic hydroxyl groups excluding tert-OH is 2. The van der Waals surface area contributed by atoms with Gasteiger partial charge in [0.15, 0.2) is 0 Å². The molecule has 9 nitrogen and oxygen atoms in total. The van der Waals surface area contributed by atoms with Crippen molar-refractivity contribution in [1.82, 2.24) is 20.1 Å². The largest absolute Gasteiger partial charge is 0.394 e. The summed E-state index contributed by atoms with van der Waals surface area (Å²) in [5.41, 5.74) is 0.201. The number of carbonyl (C=O) groups is 2. The SMILES string of the molecule is CCC(CO)(CO)NC(=O)C(=O)Nc1ccc(Cn2cncn2)cc1. The molecule has 1 aromatic heterocycles. The number of nitrogens with one attached hydrogen (secondary N) is 2. The Morgan fingerprint density at radius 2 is 1.84 bits per heavy atom. The maximum atomic E-state index is 12.0. The highest BCUT2D eigenvalue weighted by molar-refractivity contribution is 6.39. The number of anilines is 1. The molecule has 4 N–H and O–H groups in total. The van der Waals surface area contributed by atoms with Gasteiger partial charge in [-0.3, -0.25) is 9.59 Å². The second kappa shape index (κ2) is 8.36. The number of benzene rings is 1. The fourth-order valence-electron chi connectivity index (χ4n) is 2.12. The average molecular weight is 347 g/mol. The number of aromatic nitrogens is 3. The van der Waals surface area contributed by atoms with Crippen molar-refractivity contribution in [2.45, 2.75) is 25.4 Å². The van der Waals surface area contributed by atoms with E-state index in [1.54, 1.807) is 42.2 Å². The van der Waals surface area contributed by atoms with Crippen LogP contribution in [0.3, 0.4) is 0 Å². The number of carbonyl (C=O) groups excluding carboxylic acids is 2. The van der Waals surface area contributed by atoms with Crippen LogP contribution in [-0.2, 0) is 16.1 Å². The van der Waals surface area contributed by atoms with E-state index in [9.17, 15) is 19.8 Å². The lowest BCUT2D eigenvalue weighted by Crippen LogP contribution is -2.56. The number of hydrogen-bond acceptors (Lipinski definition) is 6. The molecule has 2 rings (SSSR count). The molecule has 1 heterocycles. The number of amides is 2. The molecule has 1 aromatic carbocycles. The highest BCUT2D eigenvalue weighted by Crippen LogP contribution is 2.11. The van der Waals surface area contributed by atoms with Gasteiger partial charge in [0.2, 0.25) is 0 Å². The van der Waals surface area contributed by atoms with Gasteiger partial charge in [-0.25, -0.2) is 9.67 Å². The fraction of sp³-hybridized carbons (Fsp3) is 0.375. The van der Waals surface area contributed by atoms with Crippen molar-refractivity contribution in [3.05, 3.63) is 42.5 Å². The van der Waals surface area contributed by atoms with E-state index in [0.717, 1.165) is 5.56 Å². The molecule has 134 valence electrons. The number of rotatable bonds is 7. The molecule has 0 aliphatic heterocycles. The Morgan fingerprint density at radius 3 is 2.36 bits per heavy atom. The van der Waals surface area contributed by atoms with E-state index < -0.39 is 30.6 Å². The zero-order chi connectivity index (χ0) is 18.3. The molecule has 9 heteroatoms. The van der Waals surface area contributed by atoms with Crippen LogP contribution < -0.4 is 10.6 Å². The van der Waals surface area contributed by atoms with E-state index >= 15 is 0 Å². The Balaban J connectivity index is 1.94. The lowest BCUT2D eigenvalue weighted by molar-refractivity contribution is -0.138. The van der Waals surface area contributed by atoms with Gasteiger partial charge in [-0.05, 0) is 24.1 Å². The van der Waals surface area contributed by atoms with Crippen LogP contribution in [0.4, 0.5) is 5.69 Å². The zero-order valence-corrected chi connectivity index (χ0v) is 13.8. The highest BCUT2D eigenvalue weighted by Gasteiger charge is 2.31. The van der Waals surface area contributed by atoms with Crippen LogP contribution in [-0.4, -0.2) is 55.5 Å². The van der Waals surface area contributed by atoms with Crippen LogP contribution in [0, 0.1) is 0 Å². The molecule has 0 spiro atoms. The molecule has 2 aromatic rings. The summed E-state index contributed by atoms with van der Waals surface area (Å²) in [7, 11) is 0. The summed E-state index contributed by atoms with van der Waals surface area (Å²) in [6, 6.07) is 6.94. The Morgan fingerprint density at radius 1 is 1.16 bits per heavy atom. The van der Waals surface area contributed by atoms with Gasteiger partial charge in [0.25, 0.3) is 0 Å². The molecule has 0 saturated heterocycles. The van der Waals surface area contributed by atoms with Gasteiger partial charge >= 0.3 is 11.8 Å². The van der Waals surface area contributed by atoms with Gasteiger partial charge in [-0.1, -0.05) is 19.1 Å². The molecule has 0 unspecified atom stereocenters. The summed E-state index contributed by atoms with van der Waals surface area (Å²) in [6.07, 6.45) is 3.33. The molecular weight excluding hydrogens is 326 g/mol. The molecule has 0 fully saturated rings. The summed E-state index contributed by atoms with van der Waals surface area (Å²) >= 11 is 0. The monoisotopic (exact) mass is 347 g/mol. The van der Waals surface area contributed by atoms with Crippen LogP contribution in [0.5, 0.6) is 0 Å². The van der Waals surface area contributed by atoms with E-state index in [4.69, 9.17) is 0 Å².